The van der Waals surface area contributed by atoms with Crippen molar-refractivity contribution in [3.8, 4) is 28.4 Å². The van der Waals surface area contributed by atoms with Crippen LogP contribution in [0.2, 0.25) is 0 Å². The maximum absolute atomic E-state index is 6.83. The molecule has 0 saturated carbocycles. The molecule has 0 bridgehead atoms. The van der Waals surface area contributed by atoms with Crippen LogP contribution in [0.4, 0.5) is 11.4 Å². The second-order valence-electron chi connectivity index (χ2n) is 16.7. The molecule has 0 aliphatic carbocycles. The number of hydrogen-bond acceptors (Lipinski definition) is 4. The van der Waals surface area contributed by atoms with E-state index in [1.807, 2.05) is 24.4 Å². The summed E-state index contributed by atoms with van der Waals surface area (Å²) in [7, 11) is 2.12. The Balaban J connectivity index is 0.00000458. The topological polar surface area (TPSA) is 38.5 Å². The van der Waals surface area contributed by atoms with Crippen LogP contribution in [0.5, 0.6) is 11.5 Å². The number of pyridine rings is 1. The minimum Gasteiger partial charge on any atom is -0.509 e. The standard InChI is InChI=1S/C55H42N5O.Pt/c1-55(2,3)40-29-42(58-35-53(38-18-10-6-11-19-38)59(36-58)41-20-12-7-13-21-41)31-44(30-40)61-43-25-26-46-47-28-39(37-16-8-5-9-17-37)24-27-50(47)60(52(46)32-43)54-33-51-48(34-56-54)45-22-14-15-23-49(45)57(51)4;/h5-30,33-36H,1-4H3;/q-3;. The molecule has 11 rings (SSSR count). The molecule has 0 spiro atoms. The van der Waals surface area contributed by atoms with Crippen molar-refractivity contribution in [3.05, 3.63) is 206 Å². The summed E-state index contributed by atoms with van der Waals surface area (Å²) < 4.78 is 11.3. The van der Waals surface area contributed by atoms with Gasteiger partial charge in [-0.05, 0) is 58.0 Å². The second-order valence-corrected chi connectivity index (χ2v) is 16.7. The maximum Gasteiger partial charge on any atom is 0.137 e. The van der Waals surface area contributed by atoms with Crippen LogP contribution in [0, 0.1) is 18.8 Å². The number of hydrogen-bond donors (Lipinski definition) is 0. The molecule has 0 radical (unpaired) electrons. The first-order valence-corrected chi connectivity index (χ1v) is 20.7. The van der Waals surface area contributed by atoms with Crippen molar-refractivity contribution in [2.75, 3.05) is 9.80 Å². The van der Waals surface area contributed by atoms with Crippen molar-refractivity contribution < 1.29 is 25.8 Å². The first kappa shape index (κ1) is 39.3. The summed E-state index contributed by atoms with van der Waals surface area (Å²) in [6.07, 6.45) is 4.17. The van der Waals surface area contributed by atoms with Gasteiger partial charge in [0.2, 0.25) is 0 Å². The fourth-order valence-electron chi connectivity index (χ4n) is 8.63. The zero-order valence-electron chi connectivity index (χ0n) is 34.8. The van der Waals surface area contributed by atoms with Crippen LogP contribution in [-0.4, -0.2) is 14.1 Å². The van der Waals surface area contributed by atoms with E-state index in [0.29, 0.717) is 11.5 Å². The summed E-state index contributed by atoms with van der Waals surface area (Å²) in [5.74, 6) is 2.02. The number of rotatable bonds is 7. The number of ether oxygens (including phenoxy) is 1. The summed E-state index contributed by atoms with van der Waals surface area (Å²) in [6, 6.07) is 64.7. The SMILES string of the molecule is Cn1c2ccccc2c2cnc(-n3c4[c-]c(Oc5[c-]c(N6C=C(c7ccccc7)N(c7ccccc7)[CH-]6)cc(C(C)(C)C)c5)ccc4c4cc(-c5ccccc5)ccc43)cc21.[Pt]. The Bertz CT molecular complexity index is 3310. The number of nitrogens with zero attached hydrogens (tertiary/aromatic N) is 5. The van der Waals surface area contributed by atoms with Gasteiger partial charge >= 0.3 is 0 Å². The number of benzene rings is 7. The summed E-state index contributed by atoms with van der Waals surface area (Å²) in [5, 5.41) is 4.50. The Labute approximate surface area is 376 Å². The average molecular weight is 984 g/mol. The number of para-hydroxylation sites is 2. The van der Waals surface area contributed by atoms with E-state index in [1.54, 1.807) is 0 Å². The summed E-state index contributed by atoms with van der Waals surface area (Å²) in [6.45, 7) is 8.81. The van der Waals surface area contributed by atoms with Crippen molar-refractivity contribution in [1.82, 2.24) is 14.1 Å². The molecule has 0 amide bonds. The van der Waals surface area contributed by atoms with Crippen molar-refractivity contribution in [3.63, 3.8) is 0 Å². The predicted molar refractivity (Wildman–Crippen MR) is 251 cm³/mol. The molecule has 0 atom stereocenters. The molecule has 4 heterocycles. The van der Waals surface area contributed by atoms with Gasteiger partial charge in [-0.3, -0.25) is 0 Å². The zero-order valence-corrected chi connectivity index (χ0v) is 37.1. The first-order valence-electron chi connectivity index (χ1n) is 20.7. The van der Waals surface area contributed by atoms with E-state index in [1.165, 1.54) is 16.5 Å². The maximum atomic E-state index is 6.83. The van der Waals surface area contributed by atoms with E-state index in [4.69, 9.17) is 9.72 Å². The number of aromatic nitrogens is 3. The quantitative estimate of drug-likeness (QED) is 0.149. The van der Waals surface area contributed by atoms with Crippen LogP contribution < -0.4 is 14.5 Å². The third-order valence-electron chi connectivity index (χ3n) is 11.8. The second kappa shape index (κ2) is 15.5. The van der Waals surface area contributed by atoms with Gasteiger partial charge in [-0.1, -0.05) is 135 Å². The molecule has 10 aromatic rings. The third-order valence-corrected chi connectivity index (χ3v) is 11.8. The van der Waals surface area contributed by atoms with Crippen LogP contribution in [0.15, 0.2) is 176 Å². The van der Waals surface area contributed by atoms with E-state index in [-0.39, 0.29) is 26.5 Å². The summed E-state index contributed by atoms with van der Waals surface area (Å²) in [4.78, 5) is 9.48. The fourth-order valence-corrected chi connectivity index (χ4v) is 8.63. The van der Waals surface area contributed by atoms with Crippen molar-refractivity contribution in [2.24, 2.45) is 7.05 Å². The number of fused-ring (bicyclic) bond motifs is 6. The third kappa shape index (κ3) is 6.85. The Morgan fingerprint density at radius 1 is 0.581 bits per heavy atom. The molecule has 0 fully saturated rings. The minimum atomic E-state index is -0.157. The van der Waals surface area contributed by atoms with Crippen LogP contribution in [0.25, 0.3) is 66.3 Å². The molecule has 6 nitrogen and oxygen atoms in total. The Morgan fingerprint density at radius 3 is 2.05 bits per heavy atom. The smallest absolute Gasteiger partial charge is 0.137 e. The van der Waals surface area contributed by atoms with Gasteiger partial charge in [0.25, 0.3) is 0 Å². The van der Waals surface area contributed by atoms with Gasteiger partial charge < -0.3 is 23.7 Å². The molecule has 0 N–H and O–H groups in total. The van der Waals surface area contributed by atoms with Crippen molar-refractivity contribution in [1.29, 1.82) is 0 Å². The van der Waals surface area contributed by atoms with Gasteiger partial charge in [0.1, 0.15) is 5.82 Å². The molecule has 7 heteroatoms. The van der Waals surface area contributed by atoms with E-state index >= 15 is 0 Å². The monoisotopic (exact) mass is 983 g/mol. The molecule has 7 aromatic carbocycles. The van der Waals surface area contributed by atoms with E-state index < -0.39 is 0 Å². The van der Waals surface area contributed by atoms with E-state index in [0.717, 1.165) is 72.3 Å². The van der Waals surface area contributed by atoms with E-state index in [2.05, 4.69) is 217 Å². The summed E-state index contributed by atoms with van der Waals surface area (Å²) >= 11 is 0. The zero-order chi connectivity index (χ0) is 41.2. The van der Waals surface area contributed by atoms with Crippen molar-refractivity contribution in [2.45, 2.75) is 26.2 Å². The van der Waals surface area contributed by atoms with E-state index in [9.17, 15) is 0 Å². The van der Waals surface area contributed by atoms with Gasteiger partial charge in [-0.2, -0.15) is 6.07 Å². The molecule has 62 heavy (non-hydrogen) atoms. The number of anilines is 2. The normalized spacial score (nSPS) is 13.0. The number of aryl methyl sites for hydroxylation is 1. The molecule has 306 valence electrons. The van der Waals surface area contributed by atoms with Crippen LogP contribution in [0.1, 0.15) is 31.9 Å². The molecule has 0 saturated heterocycles. The predicted octanol–water partition coefficient (Wildman–Crippen LogP) is 13.6. The van der Waals surface area contributed by atoms with Gasteiger partial charge in [0, 0.05) is 85.1 Å². The average Bonchev–Trinajstić information content (AvgIpc) is 3.97. The van der Waals surface area contributed by atoms with Gasteiger partial charge in [-0.25, -0.2) is 4.98 Å². The van der Waals surface area contributed by atoms with Gasteiger partial charge in [-0.15, -0.1) is 53.6 Å². The molecule has 3 aromatic heterocycles. The van der Waals surface area contributed by atoms with Crippen LogP contribution in [0.3, 0.4) is 0 Å². The summed E-state index contributed by atoms with van der Waals surface area (Å²) in [5.41, 5.74) is 11.7. The molecule has 0 unspecified atom stereocenters. The molecule has 1 aliphatic heterocycles. The molecular weight excluding hydrogens is 942 g/mol. The Kier molecular flexibility index (Phi) is 9.84. The Hall–Kier alpha value is -6.88. The van der Waals surface area contributed by atoms with Gasteiger partial charge in [0.05, 0.1) is 5.52 Å². The van der Waals surface area contributed by atoms with Crippen LogP contribution >= 0.6 is 0 Å². The van der Waals surface area contributed by atoms with Crippen LogP contribution in [-0.2, 0) is 33.5 Å². The molecular formula is C55H42N5OPt-3. The fraction of sp³-hybridized carbons (Fsp3) is 0.0909. The largest absolute Gasteiger partial charge is 0.509 e. The Morgan fingerprint density at radius 2 is 1.29 bits per heavy atom. The molecule has 1 aliphatic rings. The van der Waals surface area contributed by atoms with Gasteiger partial charge in [0.15, 0.2) is 0 Å². The minimum absolute atomic E-state index is 0. The first-order chi connectivity index (χ1) is 29.8. The van der Waals surface area contributed by atoms with Crippen molar-refractivity contribution >= 4 is 60.7 Å².